The van der Waals surface area contributed by atoms with Crippen LogP contribution in [-0.2, 0) is 11.3 Å². The third kappa shape index (κ3) is 7.85. The van der Waals surface area contributed by atoms with Crippen molar-refractivity contribution in [1.82, 2.24) is 0 Å². The van der Waals surface area contributed by atoms with Crippen molar-refractivity contribution in [1.29, 1.82) is 0 Å². The fourth-order valence-corrected chi connectivity index (χ4v) is 5.17. The molecule has 6 heteroatoms. The van der Waals surface area contributed by atoms with Gasteiger partial charge in [-0.25, -0.2) is 4.79 Å². The summed E-state index contributed by atoms with van der Waals surface area (Å²) in [4.78, 5) is 26.0. The van der Waals surface area contributed by atoms with Crippen molar-refractivity contribution >= 4 is 23.4 Å². The van der Waals surface area contributed by atoms with E-state index in [-0.39, 0.29) is 12.5 Å². The predicted octanol–water partition coefficient (Wildman–Crippen LogP) is 7.83. The van der Waals surface area contributed by atoms with Gasteiger partial charge < -0.3 is 15.2 Å². The van der Waals surface area contributed by atoms with E-state index < -0.39 is 5.97 Å². The number of urea groups is 1. The predicted molar refractivity (Wildman–Crippen MR) is 152 cm³/mol. The number of ether oxygens (including phenoxy) is 1. The van der Waals surface area contributed by atoms with Gasteiger partial charge in [-0.05, 0) is 97.7 Å². The lowest BCUT2D eigenvalue weighted by atomic mass is 9.84. The fraction of sp³-hybridized carbons (Fsp3) is 0.375. The Balaban J connectivity index is 1.50. The molecular weight excluding hydrogens is 476 g/mol. The standard InChI is InChI=1S/C32H38N2O4/c1-23-19-24(2)21-28(20-23)33-32(37)34(29-14-12-27(13-15-29)26-7-4-3-5-8-26)22-25-10-16-30(17-11-25)38-18-6-9-31(35)36/h10-17,19-21,26H,3-9,18,22H2,1-2H3,(H,33,37)(H,35,36). The summed E-state index contributed by atoms with van der Waals surface area (Å²) in [6.45, 7) is 4.80. The van der Waals surface area contributed by atoms with E-state index in [1.165, 1.54) is 37.7 Å². The van der Waals surface area contributed by atoms with Gasteiger partial charge in [-0.1, -0.05) is 49.6 Å². The molecule has 4 rings (SSSR count). The van der Waals surface area contributed by atoms with Gasteiger partial charge in [0.05, 0.1) is 13.2 Å². The highest BCUT2D eigenvalue weighted by atomic mass is 16.5. The summed E-state index contributed by atoms with van der Waals surface area (Å²) in [7, 11) is 0. The van der Waals surface area contributed by atoms with Gasteiger partial charge in [-0.2, -0.15) is 0 Å². The second-order valence-corrected chi connectivity index (χ2v) is 10.3. The number of nitrogens with zero attached hydrogens (tertiary/aromatic N) is 1. The number of benzene rings is 3. The van der Waals surface area contributed by atoms with Gasteiger partial charge in [-0.15, -0.1) is 0 Å². The van der Waals surface area contributed by atoms with Crippen LogP contribution in [0.5, 0.6) is 5.75 Å². The second-order valence-electron chi connectivity index (χ2n) is 10.3. The van der Waals surface area contributed by atoms with Gasteiger partial charge >= 0.3 is 12.0 Å². The van der Waals surface area contributed by atoms with Gasteiger partial charge in [0, 0.05) is 17.8 Å². The molecule has 3 aromatic rings. The zero-order valence-electron chi connectivity index (χ0n) is 22.4. The lowest BCUT2D eigenvalue weighted by Gasteiger charge is -2.26. The van der Waals surface area contributed by atoms with E-state index in [1.807, 2.05) is 50.2 Å². The Labute approximate surface area is 225 Å². The molecule has 0 heterocycles. The molecule has 0 radical (unpaired) electrons. The van der Waals surface area contributed by atoms with Crippen molar-refractivity contribution in [2.45, 2.75) is 71.3 Å². The summed E-state index contributed by atoms with van der Waals surface area (Å²) in [5.74, 6) is 0.468. The number of rotatable bonds is 10. The third-order valence-electron chi connectivity index (χ3n) is 7.07. The van der Waals surface area contributed by atoms with Crippen LogP contribution in [0.3, 0.4) is 0 Å². The Morgan fingerprint density at radius 1 is 0.921 bits per heavy atom. The first-order chi connectivity index (χ1) is 18.4. The van der Waals surface area contributed by atoms with Crippen LogP contribution in [-0.4, -0.2) is 23.7 Å². The SMILES string of the molecule is Cc1cc(C)cc(NC(=O)N(Cc2ccc(OCCCC(=O)O)cc2)c2ccc(C3CCCCC3)cc2)c1. The molecule has 0 aliphatic heterocycles. The summed E-state index contributed by atoms with van der Waals surface area (Å²) < 4.78 is 5.66. The maximum atomic E-state index is 13.6. The van der Waals surface area contributed by atoms with Crippen LogP contribution in [0.4, 0.5) is 16.2 Å². The number of carboxylic acid groups (broad SMARTS) is 1. The molecule has 0 saturated heterocycles. The number of anilines is 2. The van der Waals surface area contributed by atoms with Crippen molar-refractivity contribution in [3.05, 3.63) is 89.0 Å². The molecule has 0 spiro atoms. The first-order valence-corrected chi connectivity index (χ1v) is 13.6. The van der Waals surface area contributed by atoms with Gasteiger partial charge in [0.25, 0.3) is 0 Å². The molecule has 1 saturated carbocycles. The van der Waals surface area contributed by atoms with Crippen LogP contribution in [0.15, 0.2) is 66.7 Å². The largest absolute Gasteiger partial charge is 0.494 e. The van der Waals surface area contributed by atoms with E-state index in [0.717, 1.165) is 28.1 Å². The van der Waals surface area contributed by atoms with E-state index in [9.17, 15) is 9.59 Å². The summed E-state index contributed by atoms with van der Waals surface area (Å²) in [6, 6.07) is 21.9. The molecular formula is C32H38N2O4. The van der Waals surface area contributed by atoms with Crippen molar-refractivity contribution in [3.8, 4) is 5.75 Å². The molecule has 0 atom stereocenters. The summed E-state index contributed by atoms with van der Waals surface area (Å²) in [5, 5.41) is 11.9. The van der Waals surface area contributed by atoms with Crippen LogP contribution in [0, 0.1) is 13.8 Å². The maximum absolute atomic E-state index is 13.6. The molecule has 200 valence electrons. The molecule has 0 bridgehead atoms. The van der Waals surface area contributed by atoms with E-state index in [2.05, 4.69) is 35.6 Å². The lowest BCUT2D eigenvalue weighted by molar-refractivity contribution is -0.137. The molecule has 0 aromatic heterocycles. The van der Waals surface area contributed by atoms with Gasteiger partial charge in [0.2, 0.25) is 0 Å². The highest BCUT2D eigenvalue weighted by Crippen LogP contribution is 2.33. The number of amides is 2. The Morgan fingerprint density at radius 3 is 2.21 bits per heavy atom. The minimum absolute atomic E-state index is 0.0855. The summed E-state index contributed by atoms with van der Waals surface area (Å²) in [5.41, 5.74) is 6.15. The van der Waals surface area contributed by atoms with E-state index in [1.54, 1.807) is 4.90 Å². The van der Waals surface area contributed by atoms with E-state index >= 15 is 0 Å². The number of carbonyl (C=O) groups is 2. The Morgan fingerprint density at radius 2 is 1.58 bits per heavy atom. The molecule has 1 aliphatic carbocycles. The Hall–Kier alpha value is -3.80. The number of carboxylic acids is 1. The van der Waals surface area contributed by atoms with Gasteiger partial charge in [0.1, 0.15) is 5.75 Å². The van der Waals surface area contributed by atoms with Gasteiger partial charge in [0.15, 0.2) is 0 Å². The first kappa shape index (κ1) is 27.2. The molecule has 2 N–H and O–H groups in total. The summed E-state index contributed by atoms with van der Waals surface area (Å²) >= 11 is 0. The van der Waals surface area contributed by atoms with Crippen LogP contribution in [0.2, 0.25) is 0 Å². The molecule has 6 nitrogen and oxygen atoms in total. The maximum Gasteiger partial charge on any atom is 0.326 e. The quantitative estimate of drug-likeness (QED) is 0.270. The second kappa shape index (κ2) is 13.1. The number of nitrogens with one attached hydrogen (secondary N) is 1. The Bertz CT molecular complexity index is 1190. The fourth-order valence-electron chi connectivity index (χ4n) is 5.17. The van der Waals surface area contributed by atoms with Crippen molar-refractivity contribution in [2.24, 2.45) is 0 Å². The normalized spacial score (nSPS) is 13.6. The average molecular weight is 515 g/mol. The molecule has 1 aliphatic rings. The molecule has 1 fully saturated rings. The zero-order valence-corrected chi connectivity index (χ0v) is 22.4. The minimum atomic E-state index is -0.824. The van der Waals surface area contributed by atoms with Crippen molar-refractivity contribution in [3.63, 3.8) is 0 Å². The number of hydrogen-bond donors (Lipinski definition) is 2. The lowest BCUT2D eigenvalue weighted by Crippen LogP contribution is -2.34. The van der Waals surface area contributed by atoms with Crippen molar-refractivity contribution in [2.75, 3.05) is 16.8 Å². The zero-order chi connectivity index (χ0) is 26.9. The molecule has 38 heavy (non-hydrogen) atoms. The van der Waals surface area contributed by atoms with Crippen molar-refractivity contribution < 1.29 is 19.4 Å². The van der Waals surface area contributed by atoms with Gasteiger partial charge in [-0.3, -0.25) is 9.69 Å². The minimum Gasteiger partial charge on any atom is -0.494 e. The van der Waals surface area contributed by atoms with E-state index in [0.29, 0.717) is 31.2 Å². The number of hydrogen-bond acceptors (Lipinski definition) is 3. The highest BCUT2D eigenvalue weighted by molar-refractivity contribution is 6.01. The first-order valence-electron chi connectivity index (χ1n) is 13.6. The topological polar surface area (TPSA) is 78.9 Å². The Kier molecular flexibility index (Phi) is 9.41. The van der Waals surface area contributed by atoms with Crippen LogP contribution < -0.4 is 15.0 Å². The van der Waals surface area contributed by atoms with Crippen LogP contribution in [0.1, 0.15) is 73.1 Å². The summed E-state index contributed by atoms with van der Waals surface area (Å²) in [6.07, 6.45) is 6.92. The molecule has 3 aromatic carbocycles. The average Bonchev–Trinajstić information content (AvgIpc) is 2.90. The third-order valence-corrected chi connectivity index (χ3v) is 7.07. The molecule has 2 amide bonds. The smallest absolute Gasteiger partial charge is 0.326 e. The number of carbonyl (C=O) groups excluding carboxylic acids is 1. The number of aliphatic carboxylic acids is 1. The highest BCUT2D eigenvalue weighted by Gasteiger charge is 2.19. The molecule has 0 unspecified atom stereocenters. The van der Waals surface area contributed by atoms with E-state index in [4.69, 9.17) is 9.84 Å². The van der Waals surface area contributed by atoms with Crippen LogP contribution >= 0.6 is 0 Å². The van der Waals surface area contributed by atoms with Crippen LogP contribution in [0.25, 0.3) is 0 Å². The number of aryl methyl sites for hydroxylation is 2. The monoisotopic (exact) mass is 514 g/mol.